The van der Waals surface area contributed by atoms with Crippen molar-refractivity contribution in [2.24, 2.45) is 5.92 Å². The topological polar surface area (TPSA) is 49.3 Å². The maximum Gasteiger partial charge on any atom is 0.232 e. The lowest BCUT2D eigenvalue weighted by atomic mass is 10.1. The molecule has 1 atom stereocenters. The van der Waals surface area contributed by atoms with Crippen LogP contribution in [0.2, 0.25) is 0 Å². The van der Waals surface area contributed by atoms with E-state index in [1.165, 1.54) is 11.8 Å². The van der Waals surface area contributed by atoms with Gasteiger partial charge in [-0.15, -0.1) is 11.8 Å². The summed E-state index contributed by atoms with van der Waals surface area (Å²) in [6.07, 6.45) is 1.02. The zero-order chi connectivity index (χ0) is 11.0. The molecule has 0 saturated carbocycles. The highest BCUT2D eigenvalue weighted by Crippen LogP contribution is 2.09. The standard InChI is InChI=1S/C10H21NO2S/c1-8(2)4-5-11-10(13)9(3)14-7-6-12/h8-9,12H,4-7H2,1-3H3,(H,11,13). The van der Waals surface area contributed by atoms with Gasteiger partial charge in [0.05, 0.1) is 11.9 Å². The van der Waals surface area contributed by atoms with Crippen molar-refractivity contribution in [2.45, 2.75) is 32.4 Å². The van der Waals surface area contributed by atoms with E-state index in [-0.39, 0.29) is 17.8 Å². The van der Waals surface area contributed by atoms with Crippen molar-refractivity contribution >= 4 is 17.7 Å². The fraction of sp³-hybridized carbons (Fsp3) is 0.900. The molecule has 0 radical (unpaired) electrons. The lowest BCUT2D eigenvalue weighted by Crippen LogP contribution is -2.32. The summed E-state index contributed by atoms with van der Waals surface area (Å²) >= 11 is 1.48. The summed E-state index contributed by atoms with van der Waals surface area (Å²) in [4.78, 5) is 11.4. The summed E-state index contributed by atoms with van der Waals surface area (Å²) in [5.41, 5.74) is 0. The van der Waals surface area contributed by atoms with E-state index in [2.05, 4.69) is 19.2 Å². The van der Waals surface area contributed by atoms with Crippen molar-refractivity contribution in [3.63, 3.8) is 0 Å². The van der Waals surface area contributed by atoms with Crippen molar-refractivity contribution in [2.75, 3.05) is 18.9 Å². The second kappa shape index (κ2) is 8.12. The summed E-state index contributed by atoms with van der Waals surface area (Å²) in [6, 6.07) is 0. The Kier molecular flexibility index (Phi) is 7.99. The van der Waals surface area contributed by atoms with E-state index in [1.807, 2.05) is 6.92 Å². The highest BCUT2D eigenvalue weighted by molar-refractivity contribution is 8.00. The Balaban J connectivity index is 3.52. The molecule has 1 amide bonds. The molecule has 2 N–H and O–H groups in total. The highest BCUT2D eigenvalue weighted by atomic mass is 32.2. The Morgan fingerprint density at radius 1 is 1.43 bits per heavy atom. The first kappa shape index (κ1) is 13.8. The average Bonchev–Trinajstić information content (AvgIpc) is 2.13. The maximum absolute atomic E-state index is 11.4. The molecule has 0 aliphatic carbocycles. The van der Waals surface area contributed by atoms with E-state index >= 15 is 0 Å². The van der Waals surface area contributed by atoms with E-state index in [9.17, 15) is 4.79 Å². The van der Waals surface area contributed by atoms with Crippen LogP contribution in [0.1, 0.15) is 27.2 Å². The van der Waals surface area contributed by atoms with Gasteiger partial charge in [-0.3, -0.25) is 4.79 Å². The minimum absolute atomic E-state index is 0.0608. The molecule has 0 aromatic heterocycles. The van der Waals surface area contributed by atoms with Gasteiger partial charge in [0.25, 0.3) is 0 Å². The van der Waals surface area contributed by atoms with E-state index in [4.69, 9.17) is 5.11 Å². The van der Waals surface area contributed by atoms with Gasteiger partial charge < -0.3 is 10.4 Å². The molecule has 1 unspecified atom stereocenters. The van der Waals surface area contributed by atoms with Crippen LogP contribution in [0, 0.1) is 5.92 Å². The van der Waals surface area contributed by atoms with Gasteiger partial charge in [-0.25, -0.2) is 0 Å². The van der Waals surface area contributed by atoms with Crippen LogP contribution in [0.5, 0.6) is 0 Å². The van der Waals surface area contributed by atoms with Crippen LogP contribution >= 0.6 is 11.8 Å². The molecular weight excluding hydrogens is 198 g/mol. The predicted molar refractivity (Wildman–Crippen MR) is 61.5 cm³/mol. The normalized spacial score (nSPS) is 12.9. The molecule has 3 nitrogen and oxygen atoms in total. The number of aliphatic hydroxyl groups excluding tert-OH is 1. The molecule has 0 aliphatic rings. The van der Waals surface area contributed by atoms with Crippen LogP contribution in [0.25, 0.3) is 0 Å². The molecule has 0 fully saturated rings. The van der Waals surface area contributed by atoms with Gasteiger partial charge in [0.1, 0.15) is 0 Å². The molecule has 0 heterocycles. The van der Waals surface area contributed by atoms with Crippen molar-refractivity contribution < 1.29 is 9.90 Å². The van der Waals surface area contributed by atoms with E-state index < -0.39 is 0 Å². The second-order valence-corrected chi connectivity index (χ2v) is 5.16. The molecule has 0 bridgehead atoms. The summed E-state index contributed by atoms with van der Waals surface area (Å²) in [5.74, 6) is 1.32. The van der Waals surface area contributed by atoms with Gasteiger partial charge >= 0.3 is 0 Å². The minimum atomic E-state index is -0.0608. The summed E-state index contributed by atoms with van der Waals surface area (Å²) in [5, 5.41) is 11.4. The average molecular weight is 219 g/mol. The summed E-state index contributed by atoms with van der Waals surface area (Å²) < 4.78 is 0. The number of aliphatic hydroxyl groups is 1. The molecule has 0 aromatic rings. The SMILES string of the molecule is CC(C)CCNC(=O)C(C)SCCO. The van der Waals surface area contributed by atoms with Gasteiger partial charge in [0.15, 0.2) is 0 Å². The number of carbonyl (C=O) groups is 1. The molecule has 84 valence electrons. The fourth-order valence-corrected chi connectivity index (χ4v) is 1.63. The Morgan fingerprint density at radius 3 is 2.57 bits per heavy atom. The van der Waals surface area contributed by atoms with Gasteiger partial charge in [-0.05, 0) is 19.3 Å². The number of hydrogen-bond acceptors (Lipinski definition) is 3. The zero-order valence-electron chi connectivity index (χ0n) is 9.25. The Hall–Kier alpha value is -0.220. The summed E-state index contributed by atoms with van der Waals surface area (Å²) in [7, 11) is 0. The Labute approximate surface area is 90.7 Å². The van der Waals surface area contributed by atoms with Crippen molar-refractivity contribution in [3.8, 4) is 0 Å². The molecule has 4 heteroatoms. The van der Waals surface area contributed by atoms with Crippen LogP contribution in [-0.2, 0) is 4.79 Å². The third-order valence-electron chi connectivity index (χ3n) is 1.85. The van der Waals surface area contributed by atoms with Crippen molar-refractivity contribution in [1.82, 2.24) is 5.32 Å². The lowest BCUT2D eigenvalue weighted by Gasteiger charge is -2.11. The molecule has 0 aromatic carbocycles. The van der Waals surface area contributed by atoms with Crippen molar-refractivity contribution in [3.05, 3.63) is 0 Å². The first-order valence-electron chi connectivity index (χ1n) is 5.08. The monoisotopic (exact) mass is 219 g/mol. The predicted octanol–water partition coefficient (Wildman–Crippen LogP) is 1.26. The zero-order valence-corrected chi connectivity index (χ0v) is 10.1. The minimum Gasteiger partial charge on any atom is -0.396 e. The lowest BCUT2D eigenvalue weighted by molar-refractivity contribution is -0.120. The first-order chi connectivity index (χ1) is 6.57. The van der Waals surface area contributed by atoms with Gasteiger partial charge in [0, 0.05) is 12.3 Å². The summed E-state index contributed by atoms with van der Waals surface area (Å²) in [6.45, 7) is 7.02. The molecule has 0 spiro atoms. The molecule has 0 rings (SSSR count). The molecule has 0 aliphatic heterocycles. The third-order valence-corrected chi connectivity index (χ3v) is 2.98. The second-order valence-electron chi connectivity index (χ2n) is 3.71. The first-order valence-corrected chi connectivity index (χ1v) is 6.13. The number of rotatable bonds is 7. The van der Waals surface area contributed by atoms with Crippen LogP contribution in [0.3, 0.4) is 0 Å². The molecule has 14 heavy (non-hydrogen) atoms. The Bertz CT molecular complexity index is 162. The number of amides is 1. The van der Waals surface area contributed by atoms with Gasteiger partial charge in [-0.2, -0.15) is 0 Å². The number of thioether (sulfide) groups is 1. The highest BCUT2D eigenvalue weighted by Gasteiger charge is 2.11. The van der Waals surface area contributed by atoms with Crippen LogP contribution in [-0.4, -0.2) is 35.2 Å². The Morgan fingerprint density at radius 2 is 2.07 bits per heavy atom. The van der Waals surface area contributed by atoms with Crippen LogP contribution in [0.15, 0.2) is 0 Å². The van der Waals surface area contributed by atoms with Gasteiger partial charge in [-0.1, -0.05) is 13.8 Å². The number of hydrogen-bond donors (Lipinski definition) is 2. The maximum atomic E-state index is 11.4. The van der Waals surface area contributed by atoms with Crippen LogP contribution < -0.4 is 5.32 Å². The number of carbonyl (C=O) groups excluding carboxylic acids is 1. The van der Waals surface area contributed by atoms with E-state index in [0.717, 1.165) is 13.0 Å². The molecule has 0 saturated heterocycles. The largest absolute Gasteiger partial charge is 0.396 e. The smallest absolute Gasteiger partial charge is 0.232 e. The van der Waals surface area contributed by atoms with E-state index in [1.54, 1.807) is 0 Å². The molecular formula is C10H21NO2S. The number of nitrogens with one attached hydrogen (secondary N) is 1. The third kappa shape index (κ3) is 7.21. The van der Waals surface area contributed by atoms with E-state index in [0.29, 0.717) is 11.7 Å². The van der Waals surface area contributed by atoms with Crippen LogP contribution in [0.4, 0.5) is 0 Å². The van der Waals surface area contributed by atoms with Gasteiger partial charge in [0.2, 0.25) is 5.91 Å². The van der Waals surface area contributed by atoms with Crippen molar-refractivity contribution in [1.29, 1.82) is 0 Å². The quantitative estimate of drug-likeness (QED) is 0.678. The fourth-order valence-electron chi connectivity index (χ4n) is 0.933.